The summed E-state index contributed by atoms with van der Waals surface area (Å²) in [6.45, 7) is 2.93. The van der Waals surface area contributed by atoms with Crippen molar-refractivity contribution in [3.05, 3.63) is 38.1 Å². The van der Waals surface area contributed by atoms with Crippen LogP contribution in [-0.4, -0.2) is 32.2 Å². The number of rotatable bonds is 10. The predicted molar refractivity (Wildman–Crippen MR) is 108 cm³/mol. The highest BCUT2D eigenvalue weighted by Gasteiger charge is 2.27. The Hall–Kier alpha value is -2.14. The molecule has 0 spiro atoms. The maximum Gasteiger partial charge on any atom is 0.253 e. The van der Waals surface area contributed by atoms with E-state index in [0.717, 1.165) is 6.42 Å². The van der Waals surface area contributed by atoms with Crippen LogP contribution < -0.4 is 31.4 Å². The maximum atomic E-state index is 12.1. The van der Waals surface area contributed by atoms with E-state index in [1.165, 1.54) is 12.1 Å². The van der Waals surface area contributed by atoms with Crippen LogP contribution in [0, 0.1) is 0 Å². The Morgan fingerprint density at radius 3 is 2.43 bits per heavy atom. The molecule has 0 radical (unpaired) electrons. The highest BCUT2D eigenvalue weighted by Crippen LogP contribution is 2.37. The molecular weight excluding hydrogens is 410 g/mol. The lowest BCUT2D eigenvalue weighted by Gasteiger charge is -2.21. The van der Waals surface area contributed by atoms with E-state index < -0.39 is 27.7 Å². The van der Waals surface area contributed by atoms with Gasteiger partial charge < -0.3 is 20.5 Å². The third-order valence-corrected chi connectivity index (χ3v) is 5.43. The summed E-state index contributed by atoms with van der Waals surface area (Å²) in [5.74, 6) is -0.121. The van der Waals surface area contributed by atoms with Gasteiger partial charge in [0.25, 0.3) is 10.9 Å². The summed E-state index contributed by atoms with van der Waals surface area (Å²) in [6.07, 6.45) is 0.913. The molecule has 2 aromatic rings. The van der Waals surface area contributed by atoms with Gasteiger partial charge in [-0.3, -0.25) is 9.59 Å². The topological polar surface area (TPSA) is 148 Å². The lowest BCUT2D eigenvalue weighted by molar-refractivity contribution is 0.0963. The number of nitrogens with one attached hydrogen (secondary N) is 2. The lowest BCUT2D eigenvalue weighted by Crippen LogP contribution is -2.38. The molecule has 0 fully saturated rings. The summed E-state index contributed by atoms with van der Waals surface area (Å²) in [6, 6.07) is 2.89. The zero-order valence-electron chi connectivity index (χ0n) is 15.4. The fourth-order valence-electron chi connectivity index (χ4n) is 2.65. The van der Waals surface area contributed by atoms with E-state index in [-0.39, 0.29) is 46.0 Å². The molecule has 0 aliphatic carbocycles. The molecule has 0 saturated carbocycles. The van der Waals surface area contributed by atoms with Gasteiger partial charge in [-0.15, -0.1) is 11.6 Å². The first kappa shape index (κ1) is 22.2. The molecule has 1 unspecified atom stereocenters. The standard InChI is InChI=1S/C17H22ClN3O6S/c1-3-9(2)20-12-13(15(24)14(12)23)21-11-5-4-10(6-7-18)17(28(19,25)26)16(11)27-8-22/h4-5,9,20-22H,3,6-8H2,1-2H3,(H2,19,25,26). The van der Waals surface area contributed by atoms with E-state index in [1.54, 1.807) is 0 Å². The normalized spacial score (nSPS) is 12.8. The highest BCUT2D eigenvalue weighted by atomic mass is 35.5. The molecule has 9 nitrogen and oxygen atoms in total. The van der Waals surface area contributed by atoms with Crippen LogP contribution in [0.25, 0.3) is 0 Å². The minimum Gasteiger partial charge on any atom is -0.464 e. The first-order valence-corrected chi connectivity index (χ1v) is 10.6. The summed E-state index contributed by atoms with van der Waals surface area (Å²) in [5, 5.41) is 20.2. The van der Waals surface area contributed by atoms with Crippen molar-refractivity contribution in [3.63, 3.8) is 0 Å². The van der Waals surface area contributed by atoms with Gasteiger partial charge in [-0.2, -0.15) is 0 Å². The molecule has 28 heavy (non-hydrogen) atoms. The second-order valence-electron chi connectivity index (χ2n) is 6.17. The maximum absolute atomic E-state index is 12.1. The molecule has 0 bridgehead atoms. The molecule has 2 aromatic carbocycles. The lowest BCUT2D eigenvalue weighted by atomic mass is 10.1. The molecule has 0 saturated heterocycles. The van der Waals surface area contributed by atoms with Gasteiger partial charge in [-0.05, 0) is 31.4 Å². The van der Waals surface area contributed by atoms with Gasteiger partial charge in [-0.1, -0.05) is 13.0 Å². The third-order valence-electron chi connectivity index (χ3n) is 4.22. The van der Waals surface area contributed by atoms with Gasteiger partial charge in [0, 0.05) is 11.9 Å². The van der Waals surface area contributed by atoms with Crippen LogP contribution in [0.1, 0.15) is 25.8 Å². The van der Waals surface area contributed by atoms with E-state index in [1.807, 2.05) is 13.8 Å². The van der Waals surface area contributed by atoms with Crippen LogP contribution in [0.4, 0.5) is 17.1 Å². The number of aryl methyl sites for hydroxylation is 1. The summed E-state index contributed by atoms with van der Waals surface area (Å²) in [4.78, 5) is 23.5. The number of aliphatic hydroxyl groups excluding tert-OH is 1. The third kappa shape index (κ3) is 4.46. The van der Waals surface area contributed by atoms with Crippen LogP contribution in [0.15, 0.2) is 26.6 Å². The van der Waals surface area contributed by atoms with E-state index in [0.29, 0.717) is 5.56 Å². The van der Waals surface area contributed by atoms with Crippen molar-refractivity contribution in [2.24, 2.45) is 5.14 Å². The molecule has 0 amide bonds. The average molecular weight is 432 g/mol. The number of aliphatic hydroxyl groups is 1. The van der Waals surface area contributed by atoms with Gasteiger partial charge in [0.05, 0.1) is 5.69 Å². The molecule has 1 atom stereocenters. The van der Waals surface area contributed by atoms with Crippen molar-refractivity contribution in [1.82, 2.24) is 0 Å². The van der Waals surface area contributed by atoms with E-state index in [4.69, 9.17) is 21.5 Å². The van der Waals surface area contributed by atoms with Crippen LogP contribution in [0.3, 0.4) is 0 Å². The Kier molecular flexibility index (Phi) is 7.05. The number of alkyl halides is 1. The van der Waals surface area contributed by atoms with Gasteiger partial charge >= 0.3 is 0 Å². The number of ether oxygens (including phenoxy) is 1. The molecule has 0 aliphatic rings. The fraction of sp³-hybridized carbons (Fsp3) is 0.412. The zero-order valence-corrected chi connectivity index (χ0v) is 17.0. The Morgan fingerprint density at radius 1 is 1.25 bits per heavy atom. The number of hydrogen-bond donors (Lipinski definition) is 4. The van der Waals surface area contributed by atoms with Gasteiger partial charge in [0.2, 0.25) is 10.0 Å². The molecule has 5 N–H and O–H groups in total. The number of primary sulfonamides is 1. The molecular formula is C17H22ClN3O6S. The molecule has 0 aliphatic heterocycles. The largest absolute Gasteiger partial charge is 0.464 e. The smallest absolute Gasteiger partial charge is 0.253 e. The highest BCUT2D eigenvalue weighted by molar-refractivity contribution is 7.89. The van der Waals surface area contributed by atoms with Gasteiger partial charge in [0.15, 0.2) is 12.5 Å². The van der Waals surface area contributed by atoms with Gasteiger partial charge in [0.1, 0.15) is 16.3 Å². The number of halogens is 1. The van der Waals surface area contributed by atoms with E-state index in [2.05, 4.69) is 10.6 Å². The predicted octanol–water partition coefficient (Wildman–Crippen LogP) is 0.994. The number of benzene rings is 1. The summed E-state index contributed by atoms with van der Waals surface area (Å²) < 4.78 is 29.3. The Balaban J connectivity index is 2.58. The van der Waals surface area contributed by atoms with Crippen molar-refractivity contribution in [2.45, 2.75) is 37.6 Å². The van der Waals surface area contributed by atoms with Crippen molar-refractivity contribution < 1.29 is 18.3 Å². The Bertz CT molecular complexity index is 1030. The Labute approximate surface area is 167 Å². The Morgan fingerprint density at radius 2 is 1.89 bits per heavy atom. The number of hydrogen-bond acceptors (Lipinski definition) is 8. The second-order valence-corrected chi connectivity index (χ2v) is 8.05. The number of anilines is 3. The van der Waals surface area contributed by atoms with E-state index >= 15 is 0 Å². The van der Waals surface area contributed by atoms with Crippen LogP contribution in [0.5, 0.6) is 5.75 Å². The molecule has 154 valence electrons. The minimum absolute atomic E-state index is 0.0152. The monoisotopic (exact) mass is 431 g/mol. The first-order valence-electron chi connectivity index (χ1n) is 8.50. The first-order chi connectivity index (χ1) is 13.1. The van der Waals surface area contributed by atoms with Crippen LogP contribution >= 0.6 is 11.6 Å². The van der Waals surface area contributed by atoms with E-state index in [9.17, 15) is 23.1 Å². The molecule has 11 heteroatoms. The summed E-state index contributed by atoms with van der Waals surface area (Å²) >= 11 is 5.72. The summed E-state index contributed by atoms with van der Waals surface area (Å²) in [7, 11) is -4.23. The molecule has 2 rings (SSSR count). The fourth-order valence-corrected chi connectivity index (χ4v) is 3.82. The second kappa shape index (κ2) is 8.91. The molecule has 0 aromatic heterocycles. The van der Waals surface area contributed by atoms with Crippen molar-refractivity contribution >= 4 is 38.7 Å². The quantitative estimate of drug-likeness (QED) is 0.247. The van der Waals surface area contributed by atoms with Crippen LogP contribution in [-0.2, 0) is 16.4 Å². The van der Waals surface area contributed by atoms with Crippen LogP contribution in [0.2, 0.25) is 0 Å². The van der Waals surface area contributed by atoms with Crippen molar-refractivity contribution in [2.75, 3.05) is 23.3 Å². The minimum atomic E-state index is -4.23. The number of sulfonamides is 1. The van der Waals surface area contributed by atoms with Crippen molar-refractivity contribution in [1.29, 1.82) is 0 Å². The zero-order chi connectivity index (χ0) is 21.1. The SMILES string of the molecule is CCC(C)Nc1c(Nc2ccc(CCCl)c(S(N)(=O)=O)c2OCO)c(=O)c1=O. The molecule has 0 heterocycles. The number of nitrogens with two attached hydrogens (primary N) is 1. The van der Waals surface area contributed by atoms with Crippen molar-refractivity contribution in [3.8, 4) is 5.75 Å². The van der Waals surface area contributed by atoms with Gasteiger partial charge in [-0.25, -0.2) is 13.6 Å². The average Bonchev–Trinajstić information content (AvgIpc) is 2.64. The summed E-state index contributed by atoms with van der Waals surface area (Å²) in [5.41, 5.74) is -0.958.